The van der Waals surface area contributed by atoms with Gasteiger partial charge < -0.3 is 14.9 Å². The van der Waals surface area contributed by atoms with Crippen LogP contribution in [-0.2, 0) is 17.8 Å². The summed E-state index contributed by atoms with van der Waals surface area (Å²) in [5.41, 5.74) is 2.40. The second-order valence-electron chi connectivity index (χ2n) is 6.38. The molecule has 132 valence electrons. The molecule has 0 aliphatic carbocycles. The lowest BCUT2D eigenvalue weighted by molar-refractivity contribution is -0.141. The van der Waals surface area contributed by atoms with E-state index in [1.807, 2.05) is 25.9 Å². The van der Waals surface area contributed by atoms with Crippen LogP contribution in [0.4, 0.5) is 5.82 Å². The molecule has 1 aliphatic rings. The minimum absolute atomic E-state index is 0.337. The summed E-state index contributed by atoms with van der Waals surface area (Å²) in [5, 5.41) is 10.9. The van der Waals surface area contributed by atoms with Gasteiger partial charge in [0.1, 0.15) is 11.6 Å². The summed E-state index contributed by atoms with van der Waals surface area (Å²) in [6.07, 6.45) is -0.562. The number of aromatic nitrogens is 2. The number of rotatable bonds is 3. The van der Waals surface area contributed by atoms with Crippen molar-refractivity contribution in [3.63, 3.8) is 0 Å². The van der Waals surface area contributed by atoms with E-state index in [4.69, 9.17) is 11.6 Å². The maximum absolute atomic E-state index is 12.7. The molecule has 1 unspecified atom stereocenters. The quantitative estimate of drug-likeness (QED) is 0.908. The van der Waals surface area contributed by atoms with Crippen LogP contribution in [0, 0.1) is 6.92 Å². The summed E-state index contributed by atoms with van der Waals surface area (Å²) in [5.74, 6) is 1.23. The molecule has 7 heteroatoms. The van der Waals surface area contributed by atoms with Crippen molar-refractivity contribution in [3.05, 3.63) is 51.9 Å². The van der Waals surface area contributed by atoms with Gasteiger partial charge in [0.15, 0.2) is 6.10 Å². The second kappa shape index (κ2) is 6.98. The molecule has 0 bridgehead atoms. The minimum Gasteiger partial charge on any atom is -0.378 e. The van der Waals surface area contributed by atoms with E-state index in [0.29, 0.717) is 35.9 Å². The van der Waals surface area contributed by atoms with Gasteiger partial charge in [-0.15, -0.1) is 0 Å². The van der Waals surface area contributed by atoms with Gasteiger partial charge in [-0.25, -0.2) is 9.97 Å². The third kappa shape index (κ3) is 3.60. The fraction of sp³-hybridized carbons (Fsp3) is 0.389. The molecule has 6 nitrogen and oxygen atoms in total. The van der Waals surface area contributed by atoms with Crippen LogP contribution in [0.15, 0.2) is 24.3 Å². The highest BCUT2D eigenvalue weighted by Gasteiger charge is 2.29. The summed E-state index contributed by atoms with van der Waals surface area (Å²) >= 11 is 5.95. The van der Waals surface area contributed by atoms with E-state index < -0.39 is 6.10 Å². The lowest BCUT2D eigenvalue weighted by Crippen LogP contribution is -2.40. The average Bonchev–Trinajstić information content (AvgIpc) is 2.59. The Hall–Kier alpha value is -2.18. The van der Waals surface area contributed by atoms with Crippen molar-refractivity contribution < 1.29 is 9.90 Å². The van der Waals surface area contributed by atoms with E-state index in [2.05, 4.69) is 9.97 Å². The lowest BCUT2D eigenvalue weighted by atomic mass is 10.0. The van der Waals surface area contributed by atoms with Crippen molar-refractivity contribution in [2.24, 2.45) is 0 Å². The number of anilines is 1. The fourth-order valence-corrected chi connectivity index (χ4v) is 3.28. The molecule has 2 heterocycles. The maximum Gasteiger partial charge on any atom is 0.256 e. The molecule has 0 saturated carbocycles. The van der Waals surface area contributed by atoms with Gasteiger partial charge in [0, 0.05) is 31.2 Å². The summed E-state index contributed by atoms with van der Waals surface area (Å²) in [6, 6.07) is 6.74. The predicted octanol–water partition coefficient (Wildman–Crippen LogP) is 2.12. The van der Waals surface area contributed by atoms with Gasteiger partial charge in [-0.05, 0) is 31.0 Å². The van der Waals surface area contributed by atoms with Crippen molar-refractivity contribution in [1.29, 1.82) is 0 Å². The number of hydrogen-bond donors (Lipinski definition) is 1. The molecule has 1 aromatic carbocycles. The largest absolute Gasteiger partial charge is 0.378 e. The SMILES string of the molecule is Cc1nc2c(c(N(C)C)n1)CCN(C(=O)C(O)c1cccc(Cl)c1)C2. The summed E-state index contributed by atoms with van der Waals surface area (Å²) in [6.45, 7) is 2.74. The first kappa shape index (κ1) is 17.6. The van der Waals surface area contributed by atoms with Gasteiger partial charge in [-0.2, -0.15) is 0 Å². The summed E-state index contributed by atoms with van der Waals surface area (Å²) in [4.78, 5) is 25.3. The molecule has 3 rings (SSSR count). The zero-order valence-corrected chi connectivity index (χ0v) is 15.3. The van der Waals surface area contributed by atoms with Crippen LogP contribution >= 0.6 is 11.6 Å². The molecule has 0 radical (unpaired) electrons. The number of carbonyl (C=O) groups is 1. The first-order valence-electron chi connectivity index (χ1n) is 8.13. The van der Waals surface area contributed by atoms with Crippen molar-refractivity contribution in [2.75, 3.05) is 25.5 Å². The molecule has 1 aliphatic heterocycles. The zero-order chi connectivity index (χ0) is 18.1. The Kier molecular flexibility index (Phi) is 4.92. The second-order valence-corrected chi connectivity index (χ2v) is 6.82. The number of aliphatic hydroxyl groups is 1. The highest BCUT2D eigenvalue weighted by atomic mass is 35.5. The third-order valence-electron chi connectivity index (χ3n) is 4.29. The number of carbonyl (C=O) groups excluding carboxylic acids is 1. The molecular formula is C18H21ClN4O2. The standard InChI is InChI=1S/C18H21ClN4O2/c1-11-20-15-10-23(8-7-14(15)17(21-11)22(2)3)18(25)16(24)12-5-4-6-13(19)9-12/h4-6,9,16,24H,7-8,10H2,1-3H3. The monoisotopic (exact) mass is 360 g/mol. The van der Waals surface area contributed by atoms with Gasteiger partial charge >= 0.3 is 0 Å². The van der Waals surface area contributed by atoms with E-state index in [9.17, 15) is 9.90 Å². The number of hydrogen-bond acceptors (Lipinski definition) is 5. The highest BCUT2D eigenvalue weighted by Crippen LogP contribution is 2.27. The Morgan fingerprint density at radius 3 is 2.80 bits per heavy atom. The Morgan fingerprint density at radius 2 is 2.12 bits per heavy atom. The zero-order valence-electron chi connectivity index (χ0n) is 14.5. The van der Waals surface area contributed by atoms with E-state index in [0.717, 1.165) is 17.1 Å². The topological polar surface area (TPSA) is 69.6 Å². The Bertz CT molecular complexity index is 810. The number of benzene rings is 1. The van der Waals surface area contributed by atoms with E-state index in [1.54, 1.807) is 29.2 Å². The Morgan fingerprint density at radius 1 is 1.36 bits per heavy atom. The van der Waals surface area contributed by atoms with E-state index in [1.165, 1.54) is 0 Å². The van der Waals surface area contributed by atoms with Crippen LogP contribution in [0.5, 0.6) is 0 Å². The van der Waals surface area contributed by atoms with Crippen molar-refractivity contribution in [1.82, 2.24) is 14.9 Å². The smallest absolute Gasteiger partial charge is 0.256 e. The van der Waals surface area contributed by atoms with Crippen molar-refractivity contribution >= 4 is 23.3 Å². The first-order chi connectivity index (χ1) is 11.9. The normalized spacial score (nSPS) is 14.8. The molecule has 1 aromatic heterocycles. The van der Waals surface area contributed by atoms with Crippen LogP contribution in [0.1, 0.15) is 28.7 Å². The average molecular weight is 361 g/mol. The van der Waals surface area contributed by atoms with E-state index in [-0.39, 0.29) is 5.91 Å². The van der Waals surface area contributed by atoms with Crippen molar-refractivity contribution in [3.8, 4) is 0 Å². The molecule has 2 aromatic rings. The number of aliphatic hydroxyl groups excluding tert-OH is 1. The van der Waals surface area contributed by atoms with Crippen LogP contribution in [0.25, 0.3) is 0 Å². The van der Waals surface area contributed by atoms with Crippen molar-refractivity contribution in [2.45, 2.75) is 26.0 Å². The molecule has 25 heavy (non-hydrogen) atoms. The minimum atomic E-state index is -1.23. The lowest BCUT2D eigenvalue weighted by Gasteiger charge is -2.31. The number of aryl methyl sites for hydroxylation is 1. The Labute approximate surface area is 152 Å². The highest BCUT2D eigenvalue weighted by molar-refractivity contribution is 6.30. The van der Waals surface area contributed by atoms with E-state index >= 15 is 0 Å². The number of amides is 1. The molecule has 1 atom stereocenters. The van der Waals surface area contributed by atoms with Crippen LogP contribution < -0.4 is 4.90 Å². The fourth-order valence-electron chi connectivity index (χ4n) is 3.08. The van der Waals surface area contributed by atoms with Crippen LogP contribution in [-0.4, -0.2) is 46.5 Å². The van der Waals surface area contributed by atoms with Gasteiger partial charge in [0.25, 0.3) is 5.91 Å². The third-order valence-corrected chi connectivity index (χ3v) is 4.52. The molecule has 0 spiro atoms. The number of nitrogens with zero attached hydrogens (tertiary/aromatic N) is 4. The van der Waals surface area contributed by atoms with Crippen LogP contribution in [0.2, 0.25) is 5.02 Å². The Balaban J connectivity index is 1.84. The molecule has 1 N–H and O–H groups in total. The first-order valence-corrected chi connectivity index (χ1v) is 8.50. The molecule has 0 fully saturated rings. The van der Waals surface area contributed by atoms with Crippen LogP contribution in [0.3, 0.4) is 0 Å². The van der Waals surface area contributed by atoms with Gasteiger partial charge in [0.05, 0.1) is 12.2 Å². The predicted molar refractivity (Wildman–Crippen MR) is 96.6 cm³/mol. The van der Waals surface area contributed by atoms with Gasteiger partial charge in [0.2, 0.25) is 0 Å². The molecule has 0 saturated heterocycles. The summed E-state index contributed by atoms with van der Waals surface area (Å²) < 4.78 is 0. The molecule has 1 amide bonds. The van der Waals surface area contributed by atoms with Gasteiger partial charge in [-0.1, -0.05) is 23.7 Å². The maximum atomic E-state index is 12.7. The number of fused-ring (bicyclic) bond motifs is 1. The molecular weight excluding hydrogens is 340 g/mol. The summed E-state index contributed by atoms with van der Waals surface area (Å²) in [7, 11) is 3.89. The van der Waals surface area contributed by atoms with Gasteiger partial charge in [-0.3, -0.25) is 4.79 Å². The number of halogens is 1.